The van der Waals surface area contributed by atoms with Crippen LogP contribution in [0.5, 0.6) is 0 Å². The molecular weight excluding hydrogens is 212 g/mol. The number of rotatable bonds is 4. The molecule has 1 aromatic rings. The van der Waals surface area contributed by atoms with Crippen molar-refractivity contribution in [3.63, 3.8) is 0 Å². The number of hydrogen-bond acceptors (Lipinski definition) is 2. The van der Waals surface area contributed by atoms with Crippen molar-refractivity contribution < 1.29 is 4.79 Å². The quantitative estimate of drug-likeness (QED) is 0.837. The van der Waals surface area contributed by atoms with Crippen molar-refractivity contribution in [2.75, 3.05) is 11.9 Å². The van der Waals surface area contributed by atoms with Gasteiger partial charge in [-0.25, -0.2) is 0 Å². The molecule has 1 heterocycles. The van der Waals surface area contributed by atoms with Crippen LogP contribution in [0.15, 0.2) is 30.3 Å². The Hall–Kier alpha value is -1.35. The van der Waals surface area contributed by atoms with Crippen LogP contribution in [0.25, 0.3) is 0 Å². The highest BCUT2D eigenvalue weighted by molar-refractivity contribution is 5.90. The van der Waals surface area contributed by atoms with E-state index in [-0.39, 0.29) is 5.91 Å². The van der Waals surface area contributed by atoms with Crippen LogP contribution < -0.4 is 10.6 Å². The van der Waals surface area contributed by atoms with E-state index in [1.165, 1.54) is 19.3 Å². The minimum Gasteiger partial charge on any atom is -0.326 e. The van der Waals surface area contributed by atoms with Crippen molar-refractivity contribution >= 4 is 11.6 Å². The molecule has 0 radical (unpaired) electrons. The molecule has 1 amide bonds. The summed E-state index contributed by atoms with van der Waals surface area (Å²) in [6.07, 6.45) is 5.31. The van der Waals surface area contributed by atoms with E-state index in [0.29, 0.717) is 12.5 Å². The summed E-state index contributed by atoms with van der Waals surface area (Å²) >= 11 is 0. The number of anilines is 1. The molecule has 1 atom stereocenters. The Balaban J connectivity index is 1.70. The number of nitrogens with one attached hydrogen (secondary N) is 2. The second-order valence-electron chi connectivity index (χ2n) is 4.60. The van der Waals surface area contributed by atoms with Crippen molar-refractivity contribution in [1.29, 1.82) is 0 Å². The number of benzene rings is 1. The molecule has 0 saturated carbocycles. The fraction of sp³-hybridized carbons (Fsp3) is 0.500. The lowest BCUT2D eigenvalue weighted by Gasteiger charge is -2.23. The molecule has 0 unspecified atom stereocenters. The summed E-state index contributed by atoms with van der Waals surface area (Å²) in [5.74, 6) is 0.114. The maximum atomic E-state index is 11.7. The average molecular weight is 232 g/mol. The lowest BCUT2D eigenvalue weighted by molar-refractivity contribution is -0.116. The van der Waals surface area contributed by atoms with Gasteiger partial charge in [-0.3, -0.25) is 4.79 Å². The van der Waals surface area contributed by atoms with Gasteiger partial charge >= 0.3 is 0 Å². The lowest BCUT2D eigenvalue weighted by Crippen LogP contribution is -2.34. The third-order valence-electron chi connectivity index (χ3n) is 3.19. The van der Waals surface area contributed by atoms with Crippen LogP contribution in [0.2, 0.25) is 0 Å². The Morgan fingerprint density at radius 3 is 2.82 bits per heavy atom. The first-order chi connectivity index (χ1) is 8.34. The maximum Gasteiger partial charge on any atom is 0.224 e. The molecule has 0 aliphatic carbocycles. The number of carbonyl (C=O) groups is 1. The number of hydrogen-bond donors (Lipinski definition) is 2. The molecule has 1 fully saturated rings. The highest BCUT2D eigenvalue weighted by Crippen LogP contribution is 2.12. The van der Waals surface area contributed by atoms with Crippen molar-refractivity contribution in [1.82, 2.24) is 5.32 Å². The minimum atomic E-state index is 0.114. The molecular formula is C14H20N2O. The third kappa shape index (κ3) is 4.19. The second-order valence-corrected chi connectivity index (χ2v) is 4.60. The van der Waals surface area contributed by atoms with E-state index in [0.717, 1.165) is 18.7 Å². The van der Waals surface area contributed by atoms with Crippen LogP contribution in [0.1, 0.15) is 32.1 Å². The molecule has 1 aliphatic rings. The molecule has 3 nitrogen and oxygen atoms in total. The van der Waals surface area contributed by atoms with E-state index in [1.54, 1.807) is 0 Å². The van der Waals surface area contributed by atoms with Gasteiger partial charge in [0.15, 0.2) is 0 Å². The minimum absolute atomic E-state index is 0.114. The van der Waals surface area contributed by atoms with Crippen molar-refractivity contribution in [3.8, 4) is 0 Å². The zero-order valence-electron chi connectivity index (χ0n) is 10.1. The van der Waals surface area contributed by atoms with Crippen LogP contribution in [-0.4, -0.2) is 18.5 Å². The number of piperidine rings is 1. The first-order valence-corrected chi connectivity index (χ1v) is 6.43. The van der Waals surface area contributed by atoms with Gasteiger partial charge in [-0.05, 0) is 37.9 Å². The average Bonchev–Trinajstić information content (AvgIpc) is 2.39. The highest BCUT2D eigenvalue weighted by atomic mass is 16.1. The zero-order valence-corrected chi connectivity index (χ0v) is 10.1. The first-order valence-electron chi connectivity index (χ1n) is 6.43. The Bertz CT molecular complexity index is 344. The van der Waals surface area contributed by atoms with Gasteiger partial charge in [0.1, 0.15) is 0 Å². The Morgan fingerprint density at radius 2 is 2.12 bits per heavy atom. The summed E-state index contributed by atoms with van der Waals surface area (Å²) in [5.41, 5.74) is 0.883. The fourth-order valence-electron chi connectivity index (χ4n) is 2.22. The number of carbonyl (C=O) groups excluding carboxylic acids is 1. The van der Waals surface area contributed by atoms with Gasteiger partial charge < -0.3 is 10.6 Å². The molecule has 2 N–H and O–H groups in total. The van der Waals surface area contributed by atoms with Gasteiger partial charge in [0, 0.05) is 18.2 Å². The van der Waals surface area contributed by atoms with E-state index in [1.807, 2.05) is 30.3 Å². The SMILES string of the molecule is O=C(CC[C@H]1CCCCN1)Nc1ccccc1. The lowest BCUT2D eigenvalue weighted by atomic mass is 10.0. The first kappa shape index (κ1) is 12.1. The summed E-state index contributed by atoms with van der Waals surface area (Å²) < 4.78 is 0. The third-order valence-corrected chi connectivity index (χ3v) is 3.19. The Kier molecular flexibility index (Phi) is 4.56. The fourth-order valence-corrected chi connectivity index (χ4v) is 2.22. The summed E-state index contributed by atoms with van der Waals surface area (Å²) in [5, 5.41) is 6.37. The van der Waals surface area contributed by atoms with Crippen LogP contribution in [0.4, 0.5) is 5.69 Å². The molecule has 3 heteroatoms. The standard InChI is InChI=1S/C14H20N2O/c17-14(16-13-7-2-1-3-8-13)10-9-12-6-4-5-11-15-12/h1-3,7-8,12,15H,4-6,9-11H2,(H,16,17)/t12-/m1/s1. The highest BCUT2D eigenvalue weighted by Gasteiger charge is 2.13. The molecule has 0 spiro atoms. The van der Waals surface area contributed by atoms with E-state index < -0.39 is 0 Å². The zero-order chi connectivity index (χ0) is 11.9. The van der Waals surface area contributed by atoms with Gasteiger partial charge in [-0.2, -0.15) is 0 Å². The topological polar surface area (TPSA) is 41.1 Å². The molecule has 17 heavy (non-hydrogen) atoms. The summed E-state index contributed by atoms with van der Waals surface area (Å²) in [6, 6.07) is 10.2. The predicted octanol–water partition coefficient (Wildman–Crippen LogP) is 2.55. The Morgan fingerprint density at radius 1 is 1.29 bits per heavy atom. The predicted molar refractivity (Wildman–Crippen MR) is 69.9 cm³/mol. The summed E-state index contributed by atoms with van der Waals surface area (Å²) in [4.78, 5) is 11.7. The van der Waals surface area contributed by atoms with E-state index >= 15 is 0 Å². The molecule has 1 aromatic carbocycles. The van der Waals surface area contributed by atoms with Gasteiger partial charge in [-0.1, -0.05) is 24.6 Å². The van der Waals surface area contributed by atoms with Crippen molar-refractivity contribution in [2.45, 2.75) is 38.1 Å². The number of para-hydroxylation sites is 1. The largest absolute Gasteiger partial charge is 0.326 e. The maximum absolute atomic E-state index is 11.7. The molecule has 92 valence electrons. The molecule has 1 aliphatic heterocycles. The van der Waals surface area contributed by atoms with Crippen LogP contribution >= 0.6 is 0 Å². The van der Waals surface area contributed by atoms with E-state index in [4.69, 9.17) is 0 Å². The van der Waals surface area contributed by atoms with Crippen molar-refractivity contribution in [2.24, 2.45) is 0 Å². The van der Waals surface area contributed by atoms with Crippen LogP contribution in [0.3, 0.4) is 0 Å². The molecule has 1 saturated heterocycles. The van der Waals surface area contributed by atoms with E-state index in [9.17, 15) is 4.79 Å². The molecule has 0 aromatic heterocycles. The monoisotopic (exact) mass is 232 g/mol. The van der Waals surface area contributed by atoms with Gasteiger partial charge in [-0.15, -0.1) is 0 Å². The smallest absolute Gasteiger partial charge is 0.224 e. The Labute approximate surface area is 103 Å². The normalized spacial score (nSPS) is 19.9. The van der Waals surface area contributed by atoms with Gasteiger partial charge in [0.25, 0.3) is 0 Å². The molecule has 2 rings (SSSR count). The number of amides is 1. The van der Waals surface area contributed by atoms with Gasteiger partial charge in [0.05, 0.1) is 0 Å². The summed E-state index contributed by atoms with van der Waals surface area (Å²) in [6.45, 7) is 1.10. The van der Waals surface area contributed by atoms with Crippen LogP contribution in [-0.2, 0) is 4.79 Å². The van der Waals surface area contributed by atoms with Crippen molar-refractivity contribution in [3.05, 3.63) is 30.3 Å². The second kappa shape index (κ2) is 6.40. The van der Waals surface area contributed by atoms with E-state index in [2.05, 4.69) is 10.6 Å². The van der Waals surface area contributed by atoms with Crippen LogP contribution in [0, 0.1) is 0 Å². The van der Waals surface area contributed by atoms with Gasteiger partial charge in [0.2, 0.25) is 5.91 Å². The summed E-state index contributed by atoms with van der Waals surface area (Å²) in [7, 11) is 0. The molecule has 0 bridgehead atoms.